The third-order valence-corrected chi connectivity index (χ3v) is 4.70. The van der Waals surface area contributed by atoms with Gasteiger partial charge in [-0.25, -0.2) is 18.9 Å². The van der Waals surface area contributed by atoms with Crippen LogP contribution in [0, 0.1) is 12.7 Å². The Kier molecular flexibility index (Phi) is 4.47. The molecule has 0 atom stereocenters. The second kappa shape index (κ2) is 7.45. The first-order valence-corrected chi connectivity index (χ1v) is 9.47. The van der Waals surface area contributed by atoms with E-state index in [0.717, 1.165) is 5.56 Å². The summed E-state index contributed by atoms with van der Waals surface area (Å²) >= 11 is 0. The lowest BCUT2D eigenvalue weighted by atomic mass is 10.1. The van der Waals surface area contributed by atoms with Crippen molar-refractivity contribution in [1.29, 1.82) is 0 Å². The number of aromatic nitrogens is 6. The summed E-state index contributed by atoms with van der Waals surface area (Å²) in [6.45, 7) is 1.85. The van der Waals surface area contributed by atoms with Crippen LogP contribution in [0.5, 0.6) is 0 Å². The topological polar surface area (TPSA) is 101 Å². The van der Waals surface area contributed by atoms with Gasteiger partial charge in [-0.15, -0.1) is 0 Å². The number of pyridine rings is 1. The quantitative estimate of drug-likeness (QED) is 0.466. The molecule has 0 spiro atoms. The first-order chi connectivity index (χ1) is 15.1. The van der Waals surface area contributed by atoms with Crippen molar-refractivity contribution < 1.29 is 9.18 Å². The molecule has 5 rings (SSSR count). The number of H-pyrrole nitrogens is 1. The minimum absolute atomic E-state index is 0.284. The first-order valence-electron chi connectivity index (χ1n) is 9.47. The van der Waals surface area contributed by atoms with Gasteiger partial charge in [0, 0.05) is 23.5 Å². The number of carbonyl (C=O) groups is 1. The van der Waals surface area contributed by atoms with Crippen LogP contribution in [0.1, 0.15) is 16.2 Å². The summed E-state index contributed by atoms with van der Waals surface area (Å²) in [6, 6.07) is 13.0. The zero-order valence-corrected chi connectivity index (χ0v) is 16.4. The Balaban J connectivity index is 1.49. The second-order valence-electron chi connectivity index (χ2n) is 6.89. The van der Waals surface area contributed by atoms with Gasteiger partial charge in [0.1, 0.15) is 17.3 Å². The zero-order chi connectivity index (χ0) is 21.4. The van der Waals surface area contributed by atoms with E-state index in [0.29, 0.717) is 39.9 Å². The van der Waals surface area contributed by atoms with Gasteiger partial charge >= 0.3 is 0 Å². The lowest BCUT2D eigenvalue weighted by Crippen LogP contribution is -2.11. The predicted molar refractivity (Wildman–Crippen MR) is 113 cm³/mol. The van der Waals surface area contributed by atoms with Crippen LogP contribution in [0.3, 0.4) is 0 Å². The molecule has 0 saturated carbocycles. The molecule has 0 saturated heterocycles. The highest BCUT2D eigenvalue weighted by Crippen LogP contribution is 2.29. The molecule has 5 aromatic rings. The lowest BCUT2D eigenvalue weighted by molar-refractivity contribution is 0.102. The fourth-order valence-electron chi connectivity index (χ4n) is 3.26. The van der Waals surface area contributed by atoms with Crippen LogP contribution >= 0.6 is 0 Å². The summed E-state index contributed by atoms with van der Waals surface area (Å²) < 4.78 is 14.9. The number of amides is 1. The molecule has 2 N–H and O–H groups in total. The molecule has 152 valence electrons. The molecule has 4 aromatic heterocycles. The minimum Gasteiger partial charge on any atom is -0.340 e. The van der Waals surface area contributed by atoms with E-state index in [-0.39, 0.29) is 11.7 Å². The summed E-state index contributed by atoms with van der Waals surface area (Å²) in [6.07, 6.45) is 4.74. The maximum atomic E-state index is 13.3. The zero-order valence-electron chi connectivity index (χ0n) is 16.4. The van der Waals surface area contributed by atoms with Gasteiger partial charge in [0.05, 0.1) is 17.6 Å². The molecule has 0 unspecified atom stereocenters. The molecule has 1 aromatic carbocycles. The third-order valence-electron chi connectivity index (χ3n) is 4.70. The van der Waals surface area contributed by atoms with Crippen molar-refractivity contribution in [2.75, 3.05) is 5.32 Å². The number of halogens is 1. The fraction of sp³-hybridized carbons (Fsp3) is 0.0455. The van der Waals surface area contributed by atoms with Crippen molar-refractivity contribution >= 4 is 17.4 Å². The van der Waals surface area contributed by atoms with E-state index >= 15 is 0 Å². The summed E-state index contributed by atoms with van der Waals surface area (Å²) in [7, 11) is 0. The van der Waals surface area contributed by atoms with Crippen LogP contribution < -0.4 is 5.32 Å². The van der Waals surface area contributed by atoms with E-state index in [1.54, 1.807) is 53.4 Å². The van der Waals surface area contributed by atoms with Gasteiger partial charge in [-0.05, 0) is 55.5 Å². The highest BCUT2D eigenvalue weighted by molar-refractivity contribution is 6.03. The van der Waals surface area contributed by atoms with Crippen molar-refractivity contribution in [2.45, 2.75) is 6.92 Å². The molecule has 0 bridgehead atoms. The van der Waals surface area contributed by atoms with Crippen LogP contribution in [0.4, 0.5) is 10.2 Å². The number of hydrogen-bond donors (Lipinski definition) is 2. The molecular formula is C22H16FN7O. The third kappa shape index (κ3) is 3.64. The van der Waals surface area contributed by atoms with Gasteiger partial charge in [0.25, 0.3) is 5.91 Å². The number of fused-ring (bicyclic) bond motifs is 1. The number of hydrogen-bond acceptors (Lipinski definition) is 5. The number of aromatic amines is 1. The number of rotatable bonds is 4. The van der Waals surface area contributed by atoms with E-state index in [2.05, 4.69) is 30.4 Å². The number of anilines is 1. The van der Waals surface area contributed by atoms with Crippen LogP contribution in [-0.2, 0) is 0 Å². The average molecular weight is 413 g/mol. The largest absolute Gasteiger partial charge is 0.340 e. The molecule has 0 aliphatic heterocycles. The molecular weight excluding hydrogens is 397 g/mol. The van der Waals surface area contributed by atoms with Gasteiger partial charge in [-0.2, -0.15) is 5.10 Å². The van der Waals surface area contributed by atoms with E-state index in [1.807, 2.05) is 13.0 Å². The molecule has 0 radical (unpaired) electrons. The molecule has 31 heavy (non-hydrogen) atoms. The van der Waals surface area contributed by atoms with Crippen molar-refractivity contribution in [2.24, 2.45) is 0 Å². The summed E-state index contributed by atoms with van der Waals surface area (Å²) in [4.78, 5) is 28.4. The Morgan fingerprint density at radius 1 is 1.03 bits per heavy atom. The summed E-state index contributed by atoms with van der Waals surface area (Å²) in [5, 5.41) is 7.37. The van der Waals surface area contributed by atoms with Crippen LogP contribution in [0.15, 0.2) is 67.1 Å². The van der Waals surface area contributed by atoms with Gasteiger partial charge in [0.15, 0.2) is 11.5 Å². The monoisotopic (exact) mass is 413 g/mol. The van der Waals surface area contributed by atoms with Crippen LogP contribution in [0.25, 0.3) is 28.3 Å². The number of imidazole rings is 2. The molecule has 0 aliphatic carbocycles. The molecule has 1 amide bonds. The van der Waals surface area contributed by atoms with Crippen molar-refractivity contribution in [1.82, 2.24) is 29.5 Å². The van der Waals surface area contributed by atoms with Gasteiger partial charge in [-0.3, -0.25) is 9.78 Å². The van der Waals surface area contributed by atoms with Crippen molar-refractivity contribution in [3.63, 3.8) is 0 Å². The number of benzene rings is 1. The smallest absolute Gasteiger partial charge is 0.256 e. The molecule has 9 heteroatoms. The predicted octanol–water partition coefficient (Wildman–Crippen LogP) is 3.88. The van der Waals surface area contributed by atoms with Crippen molar-refractivity contribution in [3.05, 3.63) is 84.3 Å². The number of nitrogens with zero attached hydrogens (tertiary/aromatic N) is 5. The maximum Gasteiger partial charge on any atom is 0.256 e. The van der Waals surface area contributed by atoms with E-state index in [1.165, 1.54) is 12.1 Å². The summed E-state index contributed by atoms with van der Waals surface area (Å²) in [5.74, 6) is 0.504. The highest BCUT2D eigenvalue weighted by Gasteiger charge is 2.16. The SMILES string of the molecule is Cc1nc(-c2ccc(F)cc2)c(-c2ccc3nc(NC(=O)c4ccncc4)cn3n2)[nH]1. The van der Waals surface area contributed by atoms with E-state index < -0.39 is 0 Å². The Morgan fingerprint density at radius 3 is 2.58 bits per heavy atom. The van der Waals surface area contributed by atoms with Crippen molar-refractivity contribution in [3.8, 4) is 22.6 Å². The number of carbonyl (C=O) groups excluding carboxylic acids is 1. The second-order valence-corrected chi connectivity index (χ2v) is 6.89. The summed E-state index contributed by atoms with van der Waals surface area (Å²) in [5.41, 5.74) is 3.86. The Morgan fingerprint density at radius 2 is 1.81 bits per heavy atom. The Hall–Kier alpha value is -4.40. The average Bonchev–Trinajstić information content (AvgIpc) is 3.37. The van der Waals surface area contributed by atoms with Crippen LogP contribution in [0.2, 0.25) is 0 Å². The standard InChI is InChI=1S/C22H16FN7O/c1-13-25-20(14-2-4-16(23)5-3-14)21(26-13)17-6-7-19-27-18(12-30(19)29-17)28-22(31)15-8-10-24-11-9-15/h2-12H,1H3,(H,25,26)(H,28,31). The maximum absolute atomic E-state index is 13.3. The lowest BCUT2D eigenvalue weighted by Gasteiger charge is -2.03. The normalized spacial score (nSPS) is 11.0. The minimum atomic E-state index is -0.308. The Labute approximate surface area is 175 Å². The van der Waals surface area contributed by atoms with E-state index in [4.69, 9.17) is 0 Å². The molecule has 4 heterocycles. The molecule has 8 nitrogen and oxygen atoms in total. The van der Waals surface area contributed by atoms with Gasteiger partial charge in [0.2, 0.25) is 0 Å². The first kappa shape index (κ1) is 18.6. The Bertz CT molecular complexity index is 1390. The highest BCUT2D eigenvalue weighted by atomic mass is 19.1. The van der Waals surface area contributed by atoms with Gasteiger partial charge < -0.3 is 10.3 Å². The fourth-order valence-corrected chi connectivity index (χ4v) is 3.26. The van der Waals surface area contributed by atoms with Crippen LogP contribution in [-0.4, -0.2) is 35.5 Å². The number of nitrogens with one attached hydrogen (secondary N) is 2. The molecule has 0 aliphatic rings. The van der Waals surface area contributed by atoms with Gasteiger partial charge in [-0.1, -0.05) is 0 Å². The number of aryl methyl sites for hydroxylation is 1. The molecule has 0 fully saturated rings. The van der Waals surface area contributed by atoms with E-state index in [9.17, 15) is 9.18 Å².